The lowest BCUT2D eigenvalue weighted by atomic mass is 10.1. The van der Waals surface area contributed by atoms with Crippen LogP contribution in [0.4, 0.5) is 0 Å². The Bertz CT molecular complexity index is 1020. The highest BCUT2D eigenvalue weighted by molar-refractivity contribution is 9.10. The van der Waals surface area contributed by atoms with Gasteiger partial charge in [0.25, 0.3) is 5.91 Å². The fraction of sp³-hybridized carbons (Fsp3) is 0.0952. The number of halogens is 2. The Balaban J connectivity index is 1.70. The van der Waals surface area contributed by atoms with E-state index in [1.54, 1.807) is 12.1 Å². The van der Waals surface area contributed by atoms with Gasteiger partial charge >= 0.3 is 0 Å². The number of rotatable bonds is 6. The molecule has 0 aliphatic rings. The van der Waals surface area contributed by atoms with Crippen LogP contribution in [0.15, 0.2) is 70.4 Å². The fourth-order valence-electron chi connectivity index (χ4n) is 2.49. The summed E-state index contributed by atoms with van der Waals surface area (Å²) < 4.78 is 6.81. The van der Waals surface area contributed by atoms with Gasteiger partial charge in [-0.25, -0.2) is 10.4 Å². The van der Waals surface area contributed by atoms with Gasteiger partial charge in [-0.1, -0.05) is 57.4 Å². The van der Waals surface area contributed by atoms with Crippen molar-refractivity contribution >= 4 is 39.7 Å². The summed E-state index contributed by atoms with van der Waals surface area (Å²) in [5.74, 6) is 0.216. The number of nitrogens with one attached hydrogen (secondary N) is 1. The van der Waals surface area contributed by atoms with Gasteiger partial charge < -0.3 is 4.74 Å². The lowest BCUT2D eigenvalue weighted by molar-refractivity contribution is 0.0955. The summed E-state index contributed by atoms with van der Waals surface area (Å²) >= 11 is 9.36. The molecule has 1 heterocycles. The van der Waals surface area contributed by atoms with Gasteiger partial charge in [0.05, 0.1) is 11.8 Å². The standard InChI is InChI=1S/C21H17BrClN3O2/c1-14-4-2-5-15(10-14)13-28-19-8-7-17(22)11-16(19)12-25-26-21(27)18-6-3-9-24-20(18)23/h2-12H,13H2,1H3,(H,26,27). The first-order valence-electron chi connectivity index (χ1n) is 8.45. The van der Waals surface area contributed by atoms with E-state index in [0.717, 1.165) is 15.6 Å². The average Bonchev–Trinajstić information content (AvgIpc) is 2.67. The van der Waals surface area contributed by atoms with Gasteiger partial charge in [-0.15, -0.1) is 0 Å². The van der Waals surface area contributed by atoms with Crippen LogP contribution < -0.4 is 10.2 Å². The van der Waals surface area contributed by atoms with Crippen molar-refractivity contribution in [3.63, 3.8) is 0 Å². The molecule has 0 bridgehead atoms. The van der Waals surface area contributed by atoms with E-state index in [4.69, 9.17) is 16.3 Å². The highest BCUT2D eigenvalue weighted by atomic mass is 79.9. The number of ether oxygens (including phenoxy) is 1. The number of carbonyl (C=O) groups is 1. The zero-order valence-corrected chi connectivity index (χ0v) is 17.4. The average molecular weight is 459 g/mol. The molecule has 142 valence electrons. The highest BCUT2D eigenvalue weighted by Gasteiger charge is 2.09. The monoisotopic (exact) mass is 457 g/mol. The number of aryl methyl sites for hydroxylation is 1. The summed E-state index contributed by atoms with van der Waals surface area (Å²) in [7, 11) is 0. The number of pyridine rings is 1. The normalized spacial score (nSPS) is 10.8. The van der Waals surface area contributed by atoms with E-state index in [1.807, 2.05) is 43.3 Å². The molecule has 5 nitrogen and oxygen atoms in total. The van der Waals surface area contributed by atoms with Gasteiger partial charge in [0.2, 0.25) is 0 Å². The van der Waals surface area contributed by atoms with E-state index in [2.05, 4.69) is 37.5 Å². The van der Waals surface area contributed by atoms with E-state index in [1.165, 1.54) is 18.0 Å². The molecule has 0 aliphatic carbocycles. The molecule has 0 radical (unpaired) electrons. The van der Waals surface area contributed by atoms with Crippen molar-refractivity contribution in [1.29, 1.82) is 0 Å². The maximum Gasteiger partial charge on any atom is 0.274 e. The first-order valence-corrected chi connectivity index (χ1v) is 9.62. The molecule has 1 aromatic heterocycles. The molecule has 3 rings (SSSR count). The third kappa shape index (κ3) is 5.41. The van der Waals surface area contributed by atoms with Crippen molar-refractivity contribution in [3.05, 3.63) is 92.7 Å². The molecule has 3 aromatic rings. The van der Waals surface area contributed by atoms with Crippen LogP contribution in [0.2, 0.25) is 5.15 Å². The number of carbonyl (C=O) groups excluding carboxylic acids is 1. The molecular weight excluding hydrogens is 442 g/mol. The van der Waals surface area contributed by atoms with E-state index >= 15 is 0 Å². The van der Waals surface area contributed by atoms with Crippen molar-refractivity contribution in [2.45, 2.75) is 13.5 Å². The van der Waals surface area contributed by atoms with E-state index < -0.39 is 5.91 Å². The van der Waals surface area contributed by atoms with Crippen LogP contribution in [-0.2, 0) is 6.61 Å². The minimum Gasteiger partial charge on any atom is -0.488 e. The minimum atomic E-state index is -0.438. The van der Waals surface area contributed by atoms with Gasteiger partial charge in [-0.3, -0.25) is 4.79 Å². The maximum atomic E-state index is 12.2. The third-order valence-electron chi connectivity index (χ3n) is 3.82. The van der Waals surface area contributed by atoms with Crippen molar-refractivity contribution in [3.8, 4) is 5.75 Å². The SMILES string of the molecule is Cc1cccc(COc2ccc(Br)cc2C=NNC(=O)c2cccnc2Cl)c1. The van der Waals surface area contributed by atoms with Crippen LogP contribution in [0.25, 0.3) is 0 Å². The van der Waals surface area contributed by atoms with Gasteiger partial charge in [-0.05, 0) is 42.8 Å². The van der Waals surface area contributed by atoms with E-state index in [-0.39, 0.29) is 10.7 Å². The summed E-state index contributed by atoms with van der Waals surface area (Å²) in [6.45, 7) is 2.47. The van der Waals surface area contributed by atoms with Crippen LogP contribution >= 0.6 is 27.5 Å². The summed E-state index contributed by atoms with van der Waals surface area (Å²) in [5, 5.41) is 4.14. The third-order valence-corrected chi connectivity index (χ3v) is 4.62. The van der Waals surface area contributed by atoms with Crippen LogP contribution in [-0.4, -0.2) is 17.1 Å². The number of hydrazone groups is 1. The van der Waals surface area contributed by atoms with Crippen molar-refractivity contribution < 1.29 is 9.53 Å². The number of hydrogen-bond acceptors (Lipinski definition) is 4. The Morgan fingerprint density at radius 1 is 1.25 bits per heavy atom. The lowest BCUT2D eigenvalue weighted by Crippen LogP contribution is -2.18. The molecule has 0 aliphatic heterocycles. The Hall–Kier alpha value is -2.70. The second-order valence-corrected chi connectivity index (χ2v) is 7.27. The molecule has 0 saturated heterocycles. The van der Waals surface area contributed by atoms with Gasteiger partial charge in [0, 0.05) is 16.2 Å². The molecular formula is C21H17BrClN3O2. The van der Waals surface area contributed by atoms with Gasteiger partial charge in [0.1, 0.15) is 17.5 Å². The zero-order chi connectivity index (χ0) is 19.9. The zero-order valence-electron chi connectivity index (χ0n) is 15.0. The van der Waals surface area contributed by atoms with Crippen molar-refractivity contribution in [2.24, 2.45) is 5.10 Å². The minimum absolute atomic E-state index is 0.125. The summed E-state index contributed by atoms with van der Waals surface area (Å²) in [4.78, 5) is 16.0. The van der Waals surface area contributed by atoms with E-state index in [9.17, 15) is 4.79 Å². The van der Waals surface area contributed by atoms with Crippen LogP contribution in [0.1, 0.15) is 27.0 Å². The topological polar surface area (TPSA) is 63.6 Å². The predicted octanol–water partition coefficient (Wildman–Crippen LogP) is 5.15. The number of benzene rings is 2. The van der Waals surface area contributed by atoms with Crippen LogP contribution in [0.3, 0.4) is 0 Å². The first-order chi connectivity index (χ1) is 13.5. The molecule has 0 fully saturated rings. The quantitative estimate of drug-likeness (QED) is 0.316. The predicted molar refractivity (Wildman–Crippen MR) is 114 cm³/mol. The Labute approximate surface area is 176 Å². The molecule has 0 unspecified atom stereocenters. The number of amides is 1. The molecule has 7 heteroatoms. The summed E-state index contributed by atoms with van der Waals surface area (Å²) in [5.41, 5.74) is 5.68. The molecule has 1 N–H and O–H groups in total. The first kappa shape index (κ1) is 20.0. The molecule has 0 saturated carbocycles. The van der Waals surface area contributed by atoms with E-state index in [0.29, 0.717) is 12.4 Å². The maximum absolute atomic E-state index is 12.2. The molecule has 0 atom stereocenters. The van der Waals surface area contributed by atoms with Crippen molar-refractivity contribution in [2.75, 3.05) is 0 Å². The number of nitrogens with zero attached hydrogens (tertiary/aromatic N) is 2. The lowest BCUT2D eigenvalue weighted by Gasteiger charge is -2.10. The molecule has 28 heavy (non-hydrogen) atoms. The van der Waals surface area contributed by atoms with Crippen LogP contribution in [0, 0.1) is 6.92 Å². The van der Waals surface area contributed by atoms with Gasteiger partial charge in [0.15, 0.2) is 0 Å². The Morgan fingerprint density at radius 2 is 2.11 bits per heavy atom. The fourth-order valence-corrected chi connectivity index (χ4v) is 3.07. The highest BCUT2D eigenvalue weighted by Crippen LogP contribution is 2.23. The molecule has 0 spiro atoms. The molecule has 1 amide bonds. The molecule has 2 aromatic carbocycles. The Morgan fingerprint density at radius 3 is 2.89 bits per heavy atom. The summed E-state index contributed by atoms with van der Waals surface area (Å²) in [6, 6.07) is 16.9. The van der Waals surface area contributed by atoms with Crippen molar-refractivity contribution in [1.82, 2.24) is 10.4 Å². The van der Waals surface area contributed by atoms with Gasteiger partial charge in [-0.2, -0.15) is 5.10 Å². The second-order valence-electron chi connectivity index (χ2n) is 6.00. The number of hydrogen-bond donors (Lipinski definition) is 1. The summed E-state index contributed by atoms with van der Waals surface area (Å²) in [6.07, 6.45) is 3.04. The smallest absolute Gasteiger partial charge is 0.274 e. The number of aromatic nitrogens is 1. The van der Waals surface area contributed by atoms with Crippen LogP contribution in [0.5, 0.6) is 5.75 Å². The Kier molecular flexibility index (Phi) is 6.79. The second kappa shape index (κ2) is 9.48. The largest absolute Gasteiger partial charge is 0.488 e.